The maximum Gasteiger partial charge on any atom is 0.269 e. The number of aromatic amines is 1. The Balaban J connectivity index is 1.74. The van der Waals surface area contributed by atoms with Crippen molar-refractivity contribution in [3.05, 3.63) is 49.9 Å². The van der Waals surface area contributed by atoms with Crippen molar-refractivity contribution in [3.63, 3.8) is 0 Å². The molecule has 35 heavy (non-hydrogen) atoms. The van der Waals surface area contributed by atoms with E-state index in [1.54, 1.807) is 24.9 Å². The number of nitrogens with one attached hydrogen (secondary N) is 2. The number of halogens is 1. The third kappa shape index (κ3) is 6.29. The number of anilines is 1. The second-order valence-corrected chi connectivity index (χ2v) is 10.0. The van der Waals surface area contributed by atoms with E-state index >= 15 is 0 Å². The average Bonchev–Trinajstić information content (AvgIpc) is 3.09. The minimum atomic E-state index is -0.228. The number of carbonyl (C=O) groups is 1. The lowest BCUT2D eigenvalue weighted by Gasteiger charge is -2.41. The van der Waals surface area contributed by atoms with E-state index in [1.165, 1.54) is 0 Å². The van der Waals surface area contributed by atoms with Gasteiger partial charge in [-0.15, -0.1) is 0 Å². The summed E-state index contributed by atoms with van der Waals surface area (Å²) in [4.78, 5) is 30.1. The van der Waals surface area contributed by atoms with Gasteiger partial charge in [-0.3, -0.25) is 19.4 Å². The molecular weight excluding hydrogens is 466 g/mol. The normalized spacial score (nSPS) is 18.2. The van der Waals surface area contributed by atoms with Gasteiger partial charge >= 0.3 is 0 Å². The highest BCUT2D eigenvalue weighted by Gasteiger charge is 2.29. The first-order chi connectivity index (χ1) is 16.7. The van der Waals surface area contributed by atoms with Gasteiger partial charge in [-0.1, -0.05) is 11.6 Å². The van der Waals surface area contributed by atoms with E-state index in [9.17, 15) is 9.59 Å². The Kier molecular flexibility index (Phi) is 9.44. The molecule has 0 bridgehead atoms. The highest BCUT2D eigenvalue weighted by molar-refractivity contribution is 6.31. The van der Waals surface area contributed by atoms with Crippen molar-refractivity contribution < 1.29 is 9.53 Å². The number of H-pyrrole nitrogens is 1. The first kappa shape index (κ1) is 27.3. The summed E-state index contributed by atoms with van der Waals surface area (Å²) in [5.74, 6) is -0.228. The van der Waals surface area contributed by atoms with Crippen molar-refractivity contribution in [2.45, 2.75) is 65.1 Å². The Hall–Kier alpha value is -2.29. The fourth-order valence-corrected chi connectivity index (χ4v) is 5.41. The number of methoxy groups -OCH3 is 1. The molecule has 0 unspecified atom stereocenters. The molecule has 2 N–H and O–H groups in total. The summed E-state index contributed by atoms with van der Waals surface area (Å²) in [5.41, 5.74) is 3.64. The smallest absolute Gasteiger partial charge is 0.269 e. The van der Waals surface area contributed by atoms with Crippen LogP contribution in [0.3, 0.4) is 0 Å². The van der Waals surface area contributed by atoms with E-state index in [4.69, 9.17) is 16.3 Å². The number of rotatable bonds is 10. The fourth-order valence-electron chi connectivity index (χ4n) is 5.20. The number of hydrogen-bond acceptors (Lipinski definition) is 5. The average molecular weight is 506 g/mol. The van der Waals surface area contributed by atoms with Crippen molar-refractivity contribution in [2.24, 2.45) is 7.05 Å². The van der Waals surface area contributed by atoms with Crippen LogP contribution in [0.15, 0.2) is 16.9 Å². The maximum atomic E-state index is 13.1. The second-order valence-electron chi connectivity index (χ2n) is 9.57. The van der Waals surface area contributed by atoms with Gasteiger partial charge in [0.1, 0.15) is 0 Å². The zero-order valence-corrected chi connectivity index (χ0v) is 22.7. The van der Waals surface area contributed by atoms with Gasteiger partial charge in [-0.25, -0.2) is 0 Å². The van der Waals surface area contributed by atoms with E-state index < -0.39 is 0 Å². The van der Waals surface area contributed by atoms with Crippen molar-refractivity contribution in [3.8, 4) is 0 Å². The zero-order valence-electron chi connectivity index (χ0n) is 21.9. The molecule has 2 aromatic rings. The van der Waals surface area contributed by atoms with E-state index in [-0.39, 0.29) is 18.0 Å². The van der Waals surface area contributed by atoms with Gasteiger partial charge in [0.05, 0.1) is 18.7 Å². The third-order valence-corrected chi connectivity index (χ3v) is 7.75. The van der Waals surface area contributed by atoms with Crippen LogP contribution >= 0.6 is 11.6 Å². The molecule has 9 heteroatoms. The second kappa shape index (κ2) is 12.1. The summed E-state index contributed by atoms with van der Waals surface area (Å²) in [6.07, 6.45) is 4.47. The molecule has 194 valence electrons. The van der Waals surface area contributed by atoms with Crippen molar-refractivity contribution in [2.75, 3.05) is 38.8 Å². The number of likely N-dealkylation sites (N-methyl/N-ethyl adjacent to an activating group) is 1. The van der Waals surface area contributed by atoms with Gasteiger partial charge in [0.25, 0.3) is 11.5 Å². The Labute approximate surface area is 213 Å². The predicted molar refractivity (Wildman–Crippen MR) is 142 cm³/mol. The van der Waals surface area contributed by atoms with Gasteiger partial charge in [-0.2, -0.15) is 0 Å². The van der Waals surface area contributed by atoms with Crippen molar-refractivity contribution in [1.29, 1.82) is 0 Å². The quantitative estimate of drug-likeness (QED) is 0.515. The molecule has 1 aromatic carbocycles. The summed E-state index contributed by atoms with van der Waals surface area (Å²) in [7, 11) is 5.70. The third-order valence-electron chi connectivity index (χ3n) is 7.53. The molecule has 0 spiro atoms. The summed E-state index contributed by atoms with van der Waals surface area (Å²) < 4.78 is 6.90. The van der Waals surface area contributed by atoms with Crippen LogP contribution in [-0.2, 0) is 18.3 Å². The largest absolute Gasteiger partial charge is 0.383 e. The zero-order chi connectivity index (χ0) is 25.7. The minimum absolute atomic E-state index is 0.167. The molecule has 1 aliphatic carbocycles. The first-order valence-corrected chi connectivity index (χ1v) is 12.8. The topological polar surface area (TPSA) is 82.6 Å². The minimum Gasteiger partial charge on any atom is -0.383 e. The van der Waals surface area contributed by atoms with Gasteiger partial charge in [0, 0.05) is 61.3 Å². The summed E-state index contributed by atoms with van der Waals surface area (Å²) in [5, 5.41) is 6.17. The number of aryl methyl sites for hydroxylation is 1. The number of carbonyl (C=O) groups excluding carboxylic acids is 1. The molecule has 3 rings (SSSR count). The lowest BCUT2D eigenvalue weighted by Crippen LogP contribution is -2.44. The van der Waals surface area contributed by atoms with Gasteiger partial charge in [0.15, 0.2) is 0 Å². The molecule has 1 saturated carbocycles. The van der Waals surface area contributed by atoms with E-state index in [2.05, 4.69) is 34.2 Å². The standard InChI is InChI=1S/C26H40ClN5O3/c1-7-32(21-10-8-20(9-11-21)30(4)12-13-35-6)24-15-19(27)14-22(17(24)2)25(33)28-16-23-18(3)31(5)29-26(23)34/h14-15,20-21H,7-13,16H2,1-6H3,(H,28,33)(H,29,34)/t20-,21-. The van der Waals surface area contributed by atoms with Crippen LogP contribution in [0.1, 0.15) is 59.8 Å². The van der Waals surface area contributed by atoms with Crippen LogP contribution in [0.25, 0.3) is 0 Å². The van der Waals surface area contributed by atoms with E-state index in [0.29, 0.717) is 28.2 Å². The Morgan fingerprint density at radius 3 is 2.46 bits per heavy atom. The van der Waals surface area contributed by atoms with Gasteiger partial charge in [0.2, 0.25) is 0 Å². The Morgan fingerprint density at radius 1 is 1.23 bits per heavy atom. The van der Waals surface area contributed by atoms with Crippen LogP contribution in [-0.4, -0.2) is 66.5 Å². The number of aromatic nitrogens is 2. The highest BCUT2D eigenvalue weighted by atomic mass is 35.5. The van der Waals surface area contributed by atoms with Crippen LogP contribution < -0.4 is 15.8 Å². The number of amides is 1. The molecule has 8 nitrogen and oxygen atoms in total. The Morgan fingerprint density at radius 2 is 1.89 bits per heavy atom. The molecular formula is C26H40ClN5O3. The number of ether oxygens (including phenoxy) is 1. The maximum absolute atomic E-state index is 13.1. The lowest BCUT2D eigenvalue weighted by molar-refractivity contribution is 0.0950. The lowest BCUT2D eigenvalue weighted by atomic mass is 9.88. The molecule has 1 amide bonds. The number of benzene rings is 1. The summed E-state index contributed by atoms with van der Waals surface area (Å²) in [6.45, 7) is 8.70. The highest BCUT2D eigenvalue weighted by Crippen LogP contribution is 2.34. The monoisotopic (exact) mass is 505 g/mol. The fraction of sp³-hybridized carbons (Fsp3) is 0.615. The summed E-state index contributed by atoms with van der Waals surface area (Å²) >= 11 is 6.51. The molecule has 0 radical (unpaired) electrons. The first-order valence-electron chi connectivity index (χ1n) is 12.5. The van der Waals surface area contributed by atoms with E-state index in [0.717, 1.165) is 62.3 Å². The molecule has 1 fully saturated rings. The molecule has 0 aliphatic heterocycles. The van der Waals surface area contributed by atoms with Crippen LogP contribution in [0.2, 0.25) is 5.02 Å². The van der Waals surface area contributed by atoms with Crippen molar-refractivity contribution in [1.82, 2.24) is 20.0 Å². The molecule has 1 heterocycles. The number of hydrogen-bond donors (Lipinski definition) is 2. The summed E-state index contributed by atoms with van der Waals surface area (Å²) in [6, 6.07) is 4.67. The molecule has 1 aromatic heterocycles. The van der Waals surface area contributed by atoms with Crippen molar-refractivity contribution >= 4 is 23.2 Å². The Bertz CT molecular complexity index is 1070. The van der Waals surface area contributed by atoms with E-state index in [1.807, 2.05) is 19.9 Å². The van der Waals surface area contributed by atoms with Crippen LogP contribution in [0.5, 0.6) is 0 Å². The number of nitrogens with zero attached hydrogens (tertiary/aromatic N) is 3. The molecule has 0 saturated heterocycles. The van der Waals surface area contributed by atoms with Gasteiger partial charge < -0.3 is 19.9 Å². The van der Waals surface area contributed by atoms with Gasteiger partial charge in [-0.05, 0) is 71.2 Å². The predicted octanol–water partition coefficient (Wildman–Crippen LogP) is 3.63. The van der Waals surface area contributed by atoms with Crippen LogP contribution in [0.4, 0.5) is 5.69 Å². The molecule has 0 atom stereocenters. The van der Waals surface area contributed by atoms with Crippen LogP contribution in [0, 0.1) is 13.8 Å². The SMILES string of the molecule is CCN(c1cc(Cl)cc(C(=O)NCc2c(C)n(C)[nH]c2=O)c1C)[C@H]1CC[C@H](N(C)CCOC)CC1. The molecule has 1 aliphatic rings.